The van der Waals surface area contributed by atoms with Crippen molar-refractivity contribution >= 4 is 34.8 Å². The van der Waals surface area contributed by atoms with Crippen molar-refractivity contribution in [2.45, 2.75) is 19.4 Å². The number of nitrogens with one attached hydrogen (secondary N) is 1. The minimum Gasteiger partial charge on any atom is -0.492 e. The first-order valence-electron chi connectivity index (χ1n) is 7.19. The average molecular weight is 359 g/mol. The molecule has 0 unspecified atom stereocenters. The zero-order valence-electron chi connectivity index (χ0n) is 12.1. The summed E-state index contributed by atoms with van der Waals surface area (Å²) in [5, 5.41) is 5.34. The smallest absolute Gasteiger partial charge is 0.137 e. The van der Waals surface area contributed by atoms with Crippen LogP contribution in [0.1, 0.15) is 18.4 Å². The minimum atomic E-state index is 0.546. The van der Waals surface area contributed by atoms with Gasteiger partial charge in [0, 0.05) is 16.6 Å². The van der Waals surface area contributed by atoms with Gasteiger partial charge < -0.3 is 10.1 Å². The van der Waals surface area contributed by atoms with E-state index < -0.39 is 0 Å². The zero-order chi connectivity index (χ0) is 15.8. The Morgan fingerprint density at radius 1 is 0.909 bits per heavy atom. The van der Waals surface area contributed by atoms with Gasteiger partial charge >= 0.3 is 0 Å². The summed E-state index contributed by atoms with van der Waals surface area (Å²) in [6.45, 7) is 2.33. The van der Waals surface area contributed by atoms with Crippen LogP contribution in [0.3, 0.4) is 0 Å². The third-order valence-electron chi connectivity index (χ3n) is 3.17. The molecule has 0 fully saturated rings. The molecule has 2 rings (SSSR count). The molecule has 118 valence electrons. The number of halogens is 3. The van der Waals surface area contributed by atoms with Crippen LogP contribution in [0, 0.1) is 0 Å². The summed E-state index contributed by atoms with van der Waals surface area (Å²) in [6.07, 6.45) is 1.98. The first-order chi connectivity index (χ1) is 10.7. The van der Waals surface area contributed by atoms with Crippen LogP contribution in [0.4, 0.5) is 0 Å². The van der Waals surface area contributed by atoms with E-state index in [0.717, 1.165) is 36.5 Å². The first-order valence-corrected chi connectivity index (χ1v) is 8.32. The van der Waals surface area contributed by atoms with Crippen molar-refractivity contribution in [3.8, 4) is 5.75 Å². The van der Waals surface area contributed by atoms with E-state index in [1.54, 1.807) is 18.2 Å². The Hall–Kier alpha value is -0.930. The van der Waals surface area contributed by atoms with Gasteiger partial charge in [-0.3, -0.25) is 0 Å². The maximum atomic E-state index is 6.10. The molecule has 0 radical (unpaired) electrons. The second-order valence-electron chi connectivity index (χ2n) is 4.90. The number of benzene rings is 2. The van der Waals surface area contributed by atoms with Crippen molar-refractivity contribution in [2.75, 3.05) is 13.2 Å². The van der Waals surface area contributed by atoms with Crippen LogP contribution in [0.25, 0.3) is 0 Å². The SMILES string of the molecule is Clc1ccc(OCCCCNCc2ccccc2Cl)c(Cl)c1. The Morgan fingerprint density at radius 2 is 1.73 bits per heavy atom. The molecule has 5 heteroatoms. The minimum absolute atomic E-state index is 0.546. The highest BCUT2D eigenvalue weighted by Crippen LogP contribution is 2.27. The van der Waals surface area contributed by atoms with Crippen molar-refractivity contribution in [2.24, 2.45) is 0 Å². The molecule has 22 heavy (non-hydrogen) atoms. The van der Waals surface area contributed by atoms with Crippen molar-refractivity contribution < 1.29 is 4.74 Å². The van der Waals surface area contributed by atoms with Crippen molar-refractivity contribution in [1.29, 1.82) is 0 Å². The van der Waals surface area contributed by atoms with Gasteiger partial charge in [-0.15, -0.1) is 0 Å². The van der Waals surface area contributed by atoms with Crippen LogP contribution in [0.15, 0.2) is 42.5 Å². The molecule has 0 saturated heterocycles. The number of rotatable bonds is 8. The molecule has 1 N–H and O–H groups in total. The highest BCUT2D eigenvalue weighted by atomic mass is 35.5. The maximum absolute atomic E-state index is 6.10. The predicted octanol–water partition coefficient (Wildman–Crippen LogP) is 5.60. The lowest BCUT2D eigenvalue weighted by molar-refractivity contribution is 0.306. The number of ether oxygens (including phenoxy) is 1. The summed E-state index contributed by atoms with van der Waals surface area (Å²) < 4.78 is 5.64. The van der Waals surface area contributed by atoms with Crippen LogP contribution in [-0.4, -0.2) is 13.2 Å². The molecule has 0 bridgehead atoms. The van der Waals surface area contributed by atoms with E-state index in [2.05, 4.69) is 5.32 Å². The van der Waals surface area contributed by atoms with Gasteiger partial charge in [0.15, 0.2) is 0 Å². The zero-order valence-corrected chi connectivity index (χ0v) is 14.4. The van der Waals surface area contributed by atoms with Gasteiger partial charge in [-0.1, -0.05) is 53.0 Å². The molecule has 2 aromatic carbocycles. The van der Waals surface area contributed by atoms with Crippen molar-refractivity contribution in [3.63, 3.8) is 0 Å². The molecule has 0 spiro atoms. The van der Waals surface area contributed by atoms with Crippen LogP contribution in [0.2, 0.25) is 15.1 Å². The molecular weight excluding hydrogens is 341 g/mol. The molecule has 0 atom stereocenters. The Labute approximate surface area is 146 Å². The first kappa shape index (κ1) is 17.4. The molecule has 0 aliphatic carbocycles. The third-order valence-corrected chi connectivity index (χ3v) is 4.07. The van der Waals surface area contributed by atoms with Crippen LogP contribution >= 0.6 is 34.8 Å². The summed E-state index contributed by atoms with van der Waals surface area (Å²) in [4.78, 5) is 0. The molecule has 0 amide bonds. The third kappa shape index (κ3) is 5.69. The number of hydrogen-bond donors (Lipinski definition) is 1. The maximum Gasteiger partial charge on any atom is 0.137 e. The normalized spacial score (nSPS) is 10.7. The average Bonchev–Trinajstić information content (AvgIpc) is 2.50. The molecular formula is C17H18Cl3NO. The molecule has 0 saturated carbocycles. The van der Waals surface area contributed by atoms with Gasteiger partial charge in [-0.25, -0.2) is 0 Å². The number of hydrogen-bond acceptors (Lipinski definition) is 2. The van der Waals surface area contributed by atoms with Gasteiger partial charge in [0.25, 0.3) is 0 Å². The van der Waals surface area contributed by atoms with E-state index in [1.165, 1.54) is 0 Å². The fraction of sp³-hybridized carbons (Fsp3) is 0.294. The highest BCUT2D eigenvalue weighted by Gasteiger charge is 2.02. The second-order valence-corrected chi connectivity index (χ2v) is 6.15. The summed E-state index contributed by atoms with van der Waals surface area (Å²) in [5.74, 6) is 0.676. The Balaban J connectivity index is 1.59. The second kappa shape index (κ2) is 9.26. The molecule has 0 aliphatic rings. The molecule has 0 aliphatic heterocycles. The molecule has 2 nitrogen and oxygen atoms in total. The van der Waals surface area contributed by atoms with E-state index in [-0.39, 0.29) is 0 Å². The standard InChI is InChI=1S/C17H18Cl3NO/c18-14-7-8-17(16(20)11-14)22-10-4-3-9-21-12-13-5-1-2-6-15(13)19/h1-2,5-8,11,21H,3-4,9-10,12H2. The van der Waals surface area contributed by atoms with Gasteiger partial charge in [-0.2, -0.15) is 0 Å². The fourth-order valence-electron chi connectivity index (χ4n) is 1.99. The summed E-state index contributed by atoms with van der Waals surface area (Å²) >= 11 is 18.0. The van der Waals surface area contributed by atoms with E-state index in [9.17, 15) is 0 Å². The van der Waals surface area contributed by atoms with E-state index in [1.807, 2.05) is 24.3 Å². The Morgan fingerprint density at radius 3 is 2.50 bits per heavy atom. The quantitative estimate of drug-likeness (QED) is 0.621. The largest absolute Gasteiger partial charge is 0.492 e. The monoisotopic (exact) mass is 357 g/mol. The van der Waals surface area contributed by atoms with Crippen LogP contribution in [0.5, 0.6) is 5.75 Å². The van der Waals surface area contributed by atoms with Gasteiger partial charge in [0.05, 0.1) is 11.6 Å². The van der Waals surface area contributed by atoms with E-state index in [4.69, 9.17) is 39.5 Å². The predicted molar refractivity (Wildman–Crippen MR) is 94.3 cm³/mol. The van der Waals surface area contributed by atoms with E-state index >= 15 is 0 Å². The fourth-order valence-corrected chi connectivity index (χ4v) is 2.66. The Bertz CT molecular complexity index is 604. The summed E-state index contributed by atoms with van der Waals surface area (Å²) in [6, 6.07) is 13.1. The lowest BCUT2D eigenvalue weighted by Crippen LogP contribution is -2.15. The van der Waals surface area contributed by atoms with Gasteiger partial charge in [0.2, 0.25) is 0 Å². The van der Waals surface area contributed by atoms with Crippen LogP contribution < -0.4 is 10.1 Å². The lowest BCUT2D eigenvalue weighted by Gasteiger charge is -2.09. The Kier molecular flexibility index (Phi) is 7.34. The molecule has 2 aromatic rings. The molecule has 0 aromatic heterocycles. The van der Waals surface area contributed by atoms with Gasteiger partial charge in [-0.05, 0) is 49.2 Å². The molecule has 0 heterocycles. The van der Waals surface area contributed by atoms with Gasteiger partial charge in [0.1, 0.15) is 5.75 Å². The van der Waals surface area contributed by atoms with Crippen LogP contribution in [-0.2, 0) is 6.54 Å². The lowest BCUT2D eigenvalue weighted by atomic mass is 10.2. The van der Waals surface area contributed by atoms with Crippen molar-refractivity contribution in [1.82, 2.24) is 5.32 Å². The number of unbranched alkanes of at least 4 members (excludes halogenated alkanes) is 1. The summed E-state index contributed by atoms with van der Waals surface area (Å²) in [5.41, 5.74) is 1.12. The highest BCUT2D eigenvalue weighted by molar-refractivity contribution is 6.35. The summed E-state index contributed by atoms with van der Waals surface area (Å²) in [7, 11) is 0. The van der Waals surface area contributed by atoms with E-state index in [0.29, 0.717) is 22.4 Å². The van der Waals surface area contributed by atoms with Crippen molar-refractivity contribution in [3.05, 3.63) is 63.1 Å². The topological polar surface area (TPSA) is 21.3 Å².